The van der Waals surface area contributed by atoms with E-state index in [0.717, 1.165) is 38.9 Å². The Balaban J connectivity index is 1.94. The van der Waals surface area contributed by atoms with Crippen LogP contribution < -0.4 is 5.32 Å². The second-order valence-corrected chi connectivity index (χ2v) is 8.44. The number of sulfonamides is 1. The maximum absolute atomic E-state index is 11.7. The Kier molecular flexibility index (Phi) is 5.45. The van der Waals surface area contributed by atoms with E-state index in [9.17, 15) is 8.42 Å². The van der Waals surface area contributed by atoms with Crippen molar-refractivity contribution in [2.75, 3.05) is 39.0 Å². The summed E-state index contributed by atoms with van der Waals surface area (Å²) in [6.07, 6.45) is 4.64. The number of hydrogen-bond acceptors (Lipinski definition) is 4. The summed E-state index contributed by atoms with van der Waals surface area (Å²) < 4.78 is 25.1. The molecule has 2 heterocycles. The highest BCUT2D eigenvalue weighted by molar-refractivity contribution is 7.88. The Hall–Kier alpha value is -0.170. The topological polar surface area (TPSA) is 52.6 Å². The molecule has 2 rings (SSSR count). The van der Waals surface area contributed by atoms with Crippen LogP contribution in [0, 0.1) is 5.92 Å². The molecule has 0 aromatic carbocycles. The Bertz CT molecular complexity index is 413. The van der Waals surface area contributed by atoms with Gasteiger partial charge in [-0.05, 0) is 32.1 Å². The fourth-order valence-electron chi connectivity index (χ4n) is 3.47. The van der Waals surface area contributed by atoms with Gasteiger partial charge in [-0.15, -0.1) is 0 Å². The monoisotopic (exact) mass is 303 g/mol. The fourth-order valence-corrected chi connectivity index (χ4v) is 4.41. The van der Waals surface area contributed by atoms with E-state index in [1.54, 1.807) is 4.31 Å². The van der Waals surface area contributed by atoms with Gasteiger partial charge in [0.2, 0.25) is 10.0 Å². The SMILES string of the molecule is CCC1CNC(C)CN1CC1CCCN(S(C)(=O)=O)C1. The number of nitrogens with zero attached hydrogens (tertiary/aromatic N) is 2. The maximum Gasteiger partial charge on any atom is 0.211 e. The van der Waals surface area contributed by atoms with Crippen molar-refractivity contribution in [3.63, 3.8) is 0 Å². The summed E-state index contributed by atoms with van der Waals surface area (Å²) in [4.78, 5) is 2.57. The van der Waals surface area contributed by atoms with Crippen molar-refractivity contribution in [2.24, 2.45) is 5.92 Å². The molecule has 118 valence electrons. The van der Waals surface area contributed by atoms with E-state index in [4.69, 9.17) is 0 Å². The van der Waals surface area contributed by atoms with Crippen LogP contribution in [-0.4, -0.2) is 68.7 Å². The van der Waals surface area contributed by atoms with E-state index in [1.807, 2.05) is 0 Å². The largest absolute Gasteiger partial charge is 0.311 e. The Morgan fingerprint density at radius 3 is 2.70 bits per heavy atom. The minimum atomic E-state index is -3.03. The van der Waals surface area contributed by atoms with E-state index < -0.39 is 10.0 Å². The second-order valence-electron chi connectivity index (χ2n) is 6.45. The van der Waals surface area contributed by atoms with Crippen LogP contribution in [0.5, 0.6) is 0 Å². The Morgan fingerprint density at radius 1 is 1.30 bits per heavy atom. The molecule has 2 aliphatic rings. The van der Waals surface area contributed by atoms with E-state index in [1.165, 1.54) is 6.26 Å². The van der Waals surface area contributed by atoms with Gasteiger partial charge in [0.05, 0.1) is 6.26 Å². The molecule has 0 saturated carbocycles. The zero-order chi connectivity index (χ0) is 14.8. The lowest BCUT2D eigenvalue weighted by molar-refractivity contribution is 0.0951. The lowest BCUT2D eigenvalue weighted by Crippen LogP contribution is -2.57. The number of piperidine rings is 1. The average molecular weight is 303 g/mol. The molecule has 0 amide bonds. The summed E-state index contributed by atoms with van der Waals surface area (Å²) in [7, 11) is -3.03. The molecule has 0 aromatic heterocycles. The van der Waals surface area contributed by atoms with Crippen LogP contribution in [0.3, 0.4) is 0 Å². The summed E-state index contributed by atoms with van der Waals surface area (Å²) in [5.41, 5.74) is 0. The summed E-state index contributed by atoms with van der Waals surface area (Å²) in [6, 6.07) is 1.13. The first-order chi connectivity index (χ1) is 9.40. The van der Waals surface area contributed by atoms with Crippen LogP contribution in [-0.2, 0) is 10.0 Å². The zero-order valence-electron chi connectivity index (χ0n) is 13.0. The lowest BCUT2D eigenvalue weighted by atomic mass is 9.96. The van der Waals surface area contributed by atoms with Gasteiger partial charge in [-0.1, -0.05) is 6.92 Å². The number of piperazine rings is 1. The van der Waals surface area contributed by atoms with Crippen LogP contribution in [0.1, 0.15) is 33.1 Å². The normalized spacial score (nSPS) is 34.2. The first kappa shape index (κ1) is 16.2. The summed E-state index contributed by atoms with van der Waals surface area (Å²) in [5, 5.41) is 3.54. The molecule has 2 fully saturated rings. The van der Waals surface area contributed by atoms with Gasteiger partial charge >= 0.3 is 0 Å². The van der Waals surface area contributed by atoms with Crippen LogP contribution in [0.4, 0.5) is 0 Å². The van der Waals surface area contributed by atoms with Crippen molar-refractivity contribution in [3.05, 3.63) is 0 Å². The molecule has 0 aromatic rings. The van der Waals surface area contributed by atoms with Gasteiger partial charge in [-0.3, -0.25) is 4.90 Å². The summed E-state index contributed by atoms with van der Waals surface area (Å²) >= 11 is 0. The molecule has 0 bridgehead atoms. The van der Waals surface area contributed by atoms with Crippen molar-refractivity contribution >= 4 is 10.0 Å². The zero-order valence-corrected chi connectivity index (χ0v) is 13.8. The van der Waals surface area contributed by atoms with Crippen LogP contribution in [0.25, 0.3) is 0 Å². The Labute approximate surface area is 123 Å². The van der Waals surface area contributed by atoms with Crippen molar-refractivity contribution in [2.45, 2.75) is 45.2 Å². The highest BCUT2D eigenvalue weighted by atomic mass is 32.2. The van der Waals surface area contributed by atoms with Crippen molar-refractivity contribution in [1.82, 2.24) is 14.5 Å². The third-order valence-corrected chi connectivity index (χ3v) is 5.91. The minimum absolute atomic E-state index is 0.484. The molecule has 1 N–H and O–H groups in total. The molecular weight excluding hydrogens is 274 g/mol. The quantitative estimate of drug-likeness (QED) is 0.832. The molecule has 6 heteroatoms. The van der Waals surface area contributed by atoms with Gasteiger partial charge in [-0.25, -0.2) is 12.7 Å². The number of hydrogen-bond donors (Lipinski definition) is 1. The van der Waals surface area contributed by atoms with Crippen molar-refractivity contribution in [3.8, 4) is 0 Å². The van der Waals surface area contributed by atoms with Crippen LogP contribution >= 0.6 is 0 Å². The summed E-state index contributed by atoms with van der Waals surface area (Å²) in [6.45, 7) is 9.03. The molecule has 0 radical (unpaired) electrons. The van der Waals surface area contributed by atoms with Crippen molar-refractivity contribution < 1.29 is 8.42 Å². The molecule has 2 saturated heterocycles. The van der Waals surface area contributed by atoms with E-state index in [2.05, 4.69) is 24.1 Å². The van der Waals surface area contributed by atoms with Gasteiger partial charge in [-0.2, -0.15) is 0 Å². The predicted molar refractivity (Wildman–Crippen MR) is 82.3 cm³/mol. The lowest BCUT2D eigenvalue weighted by Gasteiger charge is -2.42. The standard InChI is InChI=1S/C14H29N3O2S/c1-4-14-8-15-12(2)9-16(14)10-13-6-5-7-17(11-13)20(3,18)19/h12-15H,4-11H2,1-3H3. The van der Waals surface area contributed by atoms with Gasteiger partial charge in [0.25, 0.3) is 0 Å². The van der Waals surface area contributed by atoms with E-state index >= 15 is 0 Å². The molecular formula is C14H29N3O2S. The molecule has 0 aliphatic carbocycles. The number of rotatable bonds is 4. The number of nitrogens with one attached hydrogen (secondary N) is 1. The molecule has 3 atom stereocenters. The maximum atomic E-state index is 11.7. The van der Waals surface area contributed by atoms with Crippen LogP contribution in [0.15, 0.2) is 0 Å². The first-order valence-corrected chi connectivity index (χ1v) is 9.67. The third kappa shape index (κ3) is 4.16. The van der Waals surface area contributed by atoms with Crippen molar-refractivity contribution in [1.29, 1.82) is 0 Å². The molecule has 3 unspecified atom stereocenters. The fraction of sp³-hybridized carbons (Fsp3) is 1.00. The predicted octanol–water partition coefficient (Wildman–Crippen LogP) is 0.730. The highest BCUT2D eigenvalue weighted by Crippen LogP contribution is 2.22. The smallest absolute Gasteiger partial charge is 0.211 e. The molecule has 5 nitrogen and oxygen atoms in total. The Morgan fingerprint density at radius 2 is 2.05 bits per heavy atom. The van der Waals surface area contributed by atoms with Gasteiger partial charge in [0.1, 0.15) is 0 Å². The minimum Gasteiger partial charge on any atom is -0.311 e. The third-order valence-electron chi connectivity index (χ3n) is 4.64. The van der Waals surface area contributed by atoms with Gasteiger partial charge < -0.3 is 5.32 Å². The van der Waals surface area contributed by atoms with Gasteiger partial charge in [0, 0.05) is 44.8 Å². The van der Waals surface area contributed by atoms with Gasteiger partial charge in [0.15, 0.2) is 0 Å². The summed E-state index contributed by atoms with van der Waals surface area (Å²) in [5.74, 6) is 0.484. The molecule has 2 aliphatic heterocycles. The van der Waals surface area contributed by atoms with E-state index in [0.29, 0.717) is 31.1 Å². The van der Waals surface area contributed by atoms with E-state index in [-0.39, 0.29) is 0 Å². The van der Waals surface area contributed by atoms with Crippen LogP contribution in [0.2, 0.25) is 0 Å². The average Bonchev–Trinajstić information content (AvgIpc) is 2.38. The second kappa shape index (κ2) is 6.73. The first-order valence-electron chi connectivity index (χ1n) is 7.82. The highest BCUT2D eigenvalue weighted by Gasteiger charge is 2.30. The molecule has 0 spiro atoms. The molecule has 20 heavy (non-hydrogen) atoms.